The van der Waals surface area contributed by atoms with Gasteiger partial charge in [0.15, 0.2) is 0 Å². The molecule has 0 radical (unpaired) electrons. The molecule has 3 rings (SSSR count). The van der Waals surface area contributed by atoms with Crippen molar-refractivity contribution in [1.29, 1.82) is 5.26 Å². The molecule has 5 atom stereocenters. The second kappa shape index (κ2) is 5.95. The smallest absolute Gasteiger partial charge is 0.121 e. The van der Waals surface area contributed by atoms with Crippen molar-refractivity contribution < 1.29 is 5.11 Å². The molecule has 0 aromatic heterocycles. The number of hydrogen-bond acceptors (Lipinski definition) is 3. The van der Waals surface area contributed by atoms with Gasteiger partial charge in [-0.05, 0) is 30.2 Å². The van der Waals surface area contributed by atoms with Gasteiger partial charge in [-0.1, -0.05) is 49.6 Å². The summed E-state index contributed by atoms with van der Waals surface area (Å²) in [6.07, 6.45) is 5.57. The number of benzene rings is 1. The van der Waals surface area contributed by atoms with Gasteiger partial charge in [-0.2, -0.15) is 5.26 Å². The Hall–Kier alpha value is -1.37. The van der Waals surface area contributed by atoms with Gasteiger partial charge in [-0.15, -0.1) is 0 Å². The summed E-state index contributed by atoms with van der Waals surface area (Å²) >= 11 is 0. The Labute approximate surface area is 120 Å². The molecule has 2 saturated carbocycles. The number of nitriles is 1. The SMILES string of the molecule is N#C[C@H](N[C@H]1C2CCCCC2C[C@H]1O)c1ccccc1. The zero-order chi connectivity index (χ0) is 13.9. The van der Waals surface area contributed by atoms with E-state index in [0.717, 1.165) is 12.0 Å². The second-order valence-electron chi connectivity index (χ2n) is 6.18. The third kappa shape index (κ3) is 2.59. The van der Waals surface area contributed by atoms with E-state index >= 15 is 0 Å². The Morgan fingerprint density at radius 2 is 1.95 bits per heavy atom. The number of hydrogen-bond donors (Lipinski definition) is 2. The average molecular weight is 270 g/mol. The molecule has 2 unspecified atom stereocenters. The highest BCUT2D eigenvalue weighted by Gasteiger charge is 2.43. The zero-order valence-corrected chi connectivity index (χ0v) is 11.7. The molecule has 1 aromatic carbocycles. The standard InChI is InChI=1S/C17H22N2O/c18-11-15(12-6-2-1-3-7-12)19-17-14-9-5-4-8-13(14)10-16(17)20/h1-3,6-7,13-17,19-20H,4-5,8-10H2/t13?,14?,15-,16+,17-/m0/s1. The number of aliphatic hydroxyl groups excluding tert-OH is 1. The molecule has 2 N–H and O–H groups in total. The van der Waals surface area contributed by atoms with E-state index in [9.17, 15) is 10.4 Å². The molecule has 3 nitrogen and oxygen atoms in total. The van der Waals surface area contributed by atoms with Crippen molar-refractivity contribution in [2.45, 2.75) is 50.3 Å². The summed E-state index contributed by atoms with van der Waals surface area (Å²) in [4.78, 5) is 0. The van der Waals surface area contributed by atoms with E-state index in [1.54, 1.807) is 0 Å². The quantitative estimate of drug-likeness (QED) is 0.888. The largest absolute Gasteiger partial charge is 0.391 e. The topological polar surface area (TPSA) is 56.0 Å². The molecule has 1 aromatic rings. The van der Waals surface area contributed by atoms with Crippen LogP contribution in [0, 0.1) is 23.2 Å². The maximum Gasteiger partial charge on any atom is 0.121 e. The molecule has 0 saturated heterocycles. The fraction of sp³-hybridized carbons (Fsp3) is 0.588. The molecule has 3 heteroatoms. The Balaban J connectivity index is 1.74. The highest BCUT2D eigenvalue weighted by atomic mass is 16.3. The van der Waals surface area contributed by atoms with Crippen molar-refractivity contribution in [3.8, 4) is 6.07 Å². The predicted molar refractivity (Wildman–Crippen MR) is 77.8 cm³/mol. The summed E-state index contributed by atoms with van der Waals surface area (Å²) in [5, 5.41) is 23.2. The van der Waals surface area contributed by atoms with Crippen LogP contribution < -0.4 is 5.32 Å². The lowest BCUT2D eigenvalue weighted by Gasteiger charge is -2.31. The van der Waals surface area contributed by atoms with Crippen molar-refractivity contribution in [2.24, 2.45) is 11.8 Å². The van der Waals surface area contributed by atoms with Crippen LogP contribution in [0.4, 0.5) is 0 Å². The van der Waals surface area contributed by atoms with Gasteiger partial charge in [0.1, 0.15) is 6.04 Å². The van der Waals surface area contributed by atoms with E-state index in [4.69, 9.17) is 0 Å². The molecule has 0 spiro atoms. The van der Waals surface area contributed by atoms with E-state index in [-0.39, 0.29) is 18.2 Å². The first-order valence-corrected chi connectivity index (χ1v) is 7.68. The van der Waals surface area contributed by atoms with Crippen LogP contribution in [0.25, 0.3) is 0 Å². The summed E-state index contributed by atoms with van der Waals surface area (Å²) in [5.74, 6) is 1.18. The maximum absolute atomic E-state index is 10.3. The third-order valence-electron chi connectivity index (χ3n) is 5.01. The first-order valence-electron chi connectivity index (χ1n) is 7.68. The summed E-state index contributed by atoms with van der Waals surface area (Å²) < 4.78 is 0. The second-order valence-corrected chi connectivity index (χ2v) is 6.18. The van der Waals surface area contributed by atoms with Crippen molar-refractivity contribution in [1.82, 2.24) is 5.32 Å². The minimum Gasteiger partial charge on any atom is -0.391 e. The molecule has 2 fully saturated rings. The first kappa shape index (κ1) is 13.6. The minimum absolute atomic E-state index is 0.0742. The lowest BCUT2D eigenvalue weighted by molar-refractivity contribution is 0.132. The van der Waals surface area contributed by atoms with Crippen LogP contribution in [0.1, 0.15) is 43.7 Å². The van der Waals surface area contributed by atoms with Crippen molar-refractivity contribution in [3.63, 3.8) is 0 Å². The Kier molecular flexibility index (Phi) is 4.05. The van der Waals surface area contributed by atoms with Crippen LogP contribution in [0.15, 0.2) is 30.3 Å². The van der Waals surface area contributed by atoms with E-state index in [0.29, 0.717) is 11.8 Å². The zero-order valence-electron chi connectivity index (χ0n) is 11.7. The van der Waals surface area contributed by atoms with Crippen LogP contribution in [0.3, 0.4) is 0 Å². The fourth-order valence-corrected chi connectivity index (χ4v) is 4.02. The molecule has 20 heavy (non-hydrogen) atoms. The van der Waals surface area contributed by atoms with Crippen LogP contribution in [-0.2, 0) is 0 Å². The Morgan fingerprint density at radius 1 is 1.20 bits per heavy atom. The normalized spacial score (nSPS) is 34.2. The third-order valence-corrected chi connectivity index (χ3v) is 5.01. The van der Waals surface area contributed by atoms with Gasteiger partial charge in [0, 0.05) is 6.04 Å². The number of aliphatic hydroxyl groups is 1. The monoisotopic (exact) mass is 270 g/mol. The molecule has 0 aliphatic heterocycles. The van der Waals surface area contributed by atoms with Crippen molar-refractivity contribution in [3.05, 3.63) is 35.9 Å². The van der Waals surface area contributed by atoms with Gasteiger partial charge in [0.2, 0.25) is 0 Å². The van der Waals surface area contributed by atoms with Crippen LogP contribution >= 0.6 is 0 Å². The van der Waals surface area contributed by atoms with Gasteiger partial charge in [0.05, 0.1) is 12.2 Å². The molecular weight excluding hydrogens is 248 g/mol. The number of rotatable bonds is 3. The molecule has 0 heterocycles. The van der Waals surface area contributed by atoms with E-state index in [2.05, 4.69) is 11.4 Å². The molecule has 0 amide bonds. The van der Waals surface area contributed by atoms with Gasteiger partial charge in [0.25, 0.3) is 0 Å². The highest BCUT2D eigenvalue weighted by Crippen LogP contribution is 2.43. The van der Waals surface area contributed by atoms with E-state index < -0.39 is 0 Å². The van der Waals surface area contributed by atoms with Gasteiger partial charge in [-0.25, -0.2) is 0 Å². The number of nitrogens with one attached hydrogen (secondary N) is 1. The molecule has 2 aliphatic rings. The molecule has 0 bridgehead atoms. The number of nitrogens with zero attached hydrogens (tertiary/aromatic N) is 1. The van der Waals surface area contributed by atoms with Crippen molar-refractivity contribution >= 4 is 0 Å². The first-order chi connectivity index (χ1) is 9.79. The highest BCUT2D eigenvalue weighted by molar-refractivity contribution is 5.24. The molecule has 2 aliphatic carbocycles. The van der Waals surface area contributed by atoms with E-state index in [1.807, 2.05) is 30.3 Å². The maximum atomic E-state index is 10.3. The lowest BCUT2D eigenvalue weighted by atomic mass is 9.80. The van der Waals surface area contributed by atoms with Gasteiger partial charge in [-0.3, -0.25) is 5.32 Å². The summed E-state index contributed by atoms with van der Waals surface area (Å²) in [5.41, 5.74) is 0.987. The fourth-order valence-electron chi connectivity index (χ4n) is 4.02. The van der Waals surface area contributed by atoms with E-state index in [1.165, 1.54) is 25.7 Å². The average Bonchev–Trinajstić information content (AvgIpc) is 2.81. The molecular formula is C17H22N2O. The van der Waals surface area contributed by atoms with Gasteiger partial charge >= 0.3 is 0 Å². The number of fused-ring (bicyclic) bond motifs is 1. The summed E-state index contributed by atoms with van der Waals surface area (Å²) in [6.45, 7) is 0. The Bertz CT molecular complexity index is 482. The van der Waals surface area contributed by atoms with Gasteiger partial charge < -0.3 is 5.11 Å². The minimum atomic E-state index is -0.323. The summed E-state index contributed by atoms with van der Waals surface area (Å²) in [7, 11) is 0. The molecule has 106 valence electrons. The predicted octanol–water partition coefficient (Wildman–Crippen LogP) is 2.78. The van der Waals surface area contributed by atoms with Crippen LogP contribution in [-0.4, -0.2) is 17.3 Å². The van der Waals surface area contributed by atoms with Crippen LogP contribution in [0.5, 0.6) is 0 Å². The Morgan fingerprint density at radius 3 is 2.70 bits per heavy atom. The lowest BCUT2D eigenvalue weighted by Crippen LogP contribution is -2.43. The summed E-state index contributed by atoms with van der Waals surface area (Å²) in [6, 6.07) is 11.9. The van der Waals surface area contributed by atoms with Crippen LogP contribution in [0.2, 0.25) is 0 Å². The van der Waals surface area contributed by atoms with Crippen molar-refractivity contribution in [2.75, 3.05) is 0 Å².